The van der Waals surface area contributed by atoms with Crippen LogP contribution in [0.25, 0.3) is 0 Å². The molecule has 0 spiro atoms. The fourth-order valence-electron chi connectivity index (χ4n) is 5.06. The second-order valence-electron chi connectivity index (χ2n) is 10.7. The number of aliphatic hydroxyl groups excluding tert-OH is 1. The lowest BCUT2D eigenvalue weighted by Crippen LogP contribution is -2.49. The van der Waals surface area contributed by atoms with E-state index in [9.17, 15) is 14.7 Å². The van der Waals surface area contributed by atoms with E-state index in [0.717, 1.165) is 17.1 Å². The molecule has 3 aromatic carbocycles. The fraction of sp³-hybridized carbons (Fsp3) is 0.355. The second-order valence-corrected chi connectivity index (χ2v) is 10.7. The van der Waals surface area contributed by atoms with Gasteiger partial charge in [-0.1, -0.05) is 31.2 Å². The second kappa shape index (κ2) is 12.5. The maximum atomic E-state index is 13.7. The highest BCUT2D eigenvalue weighted by atomic mass is 16.7. The number of ether oxygens (including phenoxy) is 3. The van der Waals surface area contributed by atoms with Crippen LogP contribution in [-0.2, 0) is 6.54 Å². The first-order valence-corrected chi connectivity index (χ1v) is 13.7. The average molecular weight is 561 g/mol. The quantitative estimate of drug-likeness (QED) is 0.374. The Labute approximate surface area is 239 Å². The Kier molecular flexibility index (Phi) is 8.61. The molecule has 0 saturated carbocycles. The fourth-order valence-corrected chi connectivity index (χ4v) is 5.06. The molecule has 3 amide bonds. The van der Waals surface area contributed by atoms with Crippen LogP contribution in [-0.4, -0.2) is 72.5 Å². The zero-order valence-corrected chi connectivity index (χ0v) is 23.5. The van der Waals surface area contributed by atoms with E-state index < -0.39 is 6.03 Å². The van der Waals surface area contributed by atoms with Crippen LogP contribution in [0.2, 0.25) is 0 Å². The maximum absolute atomic E-state index is 13.7. The van der Waals surface area contributed by atoms with Crippen molar-refractivity contribution < 1.29 is 28.9 Å². The summed E-state index contributed by atoms with van der Waals surface area (Å²) in [6, 6.07) is 19.3. The number of amides is 3. The third-order valence-electron chi connectivity index (χ3n) is 7.34. The van der Waals surface area contributed by atoms with E-state index in [4.69, 9.17) is 14.2 Å². The summed E-state index contributed by atoms with van der Waals surface area (Å²) in [5, 5.41) is 15.5. The van der Waals surface area contributed by atoms with Gasteiger partial charge in [-0.05, 0) is 62.0 Å². The van der Waals surface area contributed by atoms with Crippen LogP contribution >= 0.6 is 0 Å². The Balaban J connectivity index is 1.35. The summed E-state index contributed by atoms with van der Waals surface area (Å²) in [6.07, 6.45) is -0.241. The Morgan fingerprint density at radius 2 is 1.76 bits per heavy atom. The highest BCUT2D eigenvalue weighted by molar-refractivity contribution is 6.02. The Morgan fingerprint density at radius 3 is 2.54 bits per heavy atom. The number of likely N-dealkylation sites (N-methyl/N-ethyl adjacent to an activating group) is 1. The number of nitrogens with one attached hydrogen (secondary N) is 2. The molecule has 2 heterocycles. The standard InChI is InChI=1S/C31H36N4O6/c1-20-15-35(21(2)18-36)30(37)25-14-24(33-31(38)32-23-7-5-4-6-8-23)10-12-26(25)41-29(20)17-34(3)16-22-9-11-27-28(13-22)40-19-39-27/h4-14,20-21,29,36H,15-19H2,1-3H3,(H2,32,33,38)/t20-,21+,29+/m0/s1. The molecule has 3 aromatic rings. The van der Waals surface area contributed by atoms with E-state index in [1.165, 1.54) is 0 Å². The normalized spacial score (nSPS) is 18.7. The number of nitrogens with zero attached hydrogens (tertiary/aromatic N) is 2. The molecule has 0 radical (unpaired) electrons. The number of para-hydroxylation sites is 1. The Morgan fingerprint density at radius 1 is 1.02 bits per heavy atom. The molecular formula is C31H36N4O6. The van der Waals surface area contributed by atoms with Gasteiger partial charge in [0.25, 0.3) is 5.91 Å². The van der Waals surface area contributed by atoms with Gasteiger partial charge < -0.3 is 34.9 Å². The lowest BCUT2D eigenvalue weighted by molar-refractivity contribution is 0.0341. The van der Waals surface area contributed by atoms with E-state index in [2.05, 4.69) is 22.5 Å². The first kappa shape index (κ1) is 28.3. The van der Waals surface area contributed by atoms with E-state index in [1.54, 1.807) is 35.2 Å². The third kappa shape index (κ3) is 6.72. The van der Waals surface area contributed by atoms with Crippen LogP contribution in [0.4, 0.5) is 16.2 Å². The molecule has 0 fully saturated rings. The van der Waals surface area contributed by atoms with Gasteiger partial charge in [-0.15, -0.1) is 0 Å². The summed E-state index contributed by atoms with van der Waals surface area (Å²) in [7, 11) is 2.03. The molecule has 0 unspecified atom stereocenters. The predicted molar refractivity (Wildman–Crippen MR) is 156 cm³/mol. The van der Waals surface area contributed by atoms with Crippen molar-refractivity contribution in [2.45, 2.75) is 32.5 Å². The molecule has 3 atom stereocenters. The molecule has 3 N–H and O–H groups in total. The first-order chi connectivity index (χ1) is 19.8. The lowest BCUT2D eigenvalue weighted by Gasteiger charge is -2.38. The first-order valence-electron chi connectivity index (χ1n) is 13.7. The number of urea groups is 1. The molecule has 0 saturated heterocycles. The number of carbonyl (C=O) groups excluding carboxylic acids is 2. The molecular weight excluding hydrogens is 524 g/mol. The Bertz CT molecular complexity index is 1380. The lowest BCUT2D eigenvalue weighted by atomic mass is 9.99. The van der Waals surface area contributed by atoms with Crippen molar-refractivity contribution in [2.75, 3.05) is 44.2 Å². The van der Waals surface area contributed by atoms with Crippen LogP contribution in [0.3, 0.4) is 0 Å². The van der Waals surface area contributed by atoms with Crippen LogP contribution < -0.4 is 24.8 Å². The molecule has 2 aliphatic heterocycles. The number of benzene rings is 3. The number of fused-ring (bicyclic) bond motifs is 2. The minimum Gasteiger partial charge on any atom is -0.488 e. The zero-order valence-electron chi connectivity index (χ0n) is 23.5. The molecule has 10 nitrogen and oxygen atoms in total. The van der Waals surface area contributed by atoms with Crippen LogP contribution in [0, 0.1) is 5.92 Å². The molecule has 0 bridgehead atoms. The summed E-state index contributed by atoms with van der Waals surface area (Å²) in [5.41, 5.74) is 2.53. The number of hydrogen-bond donors (Lipinski definition) is 3. The maximum Gasteiger partial charge on any atom is 0.323 e. The van der Waals surface area contributed by atoms with Gasteiger partial charge in [-0.3, -0.25) is 9.69 Å². The smallest absolute Gasteiger partial charge is 0.323 e. The number of carbonyl (C=O) groups is 2. The topological polar surface area (TPSA) is 113 Å². The van der Waals surface area contributed by atoms with Crippen molar-refractivity contribution in [1.82, 2.24) is 9.80 Å². The van der Waals surface area contributed by atoms with E-state index in [-0.39, 0.29) is 37.4 Å². The van der Waals surface area contributed by atoms with Gasteiger partial charge in [-0.2, -0.15) is 0 Å². The molecule has 5 rings (SSSR count). The third-order valence-corrected chi connectivity index (χ3v) is 7.34. The SMILES string of the molecule is C[C@H](CO)N1C[C@H](C)[C@@H](CN(C)Cc2ccc3c(c2)OCO3)Oc2ccc(NC(=O)Nc3ccccc3)cc2C1=O. The van der Waals surface area contributed by atoms with Crippen molar-refractivity contribution in [1.29, 1.82) is 0 Å². The summed E-state index contributed by atoms with van der Waals surface area (Å²) in [5.74, 6) is 1.66. The van der Waals surface area contributed by atoms with Gasteiger partial charge in [0, 0.05) is 36.9 Å². The summed E-state index contributed by atoms with van der Waals surface area (Å²) < 4.78 is 17.4. The van der Waals surface area contributed by atoms with Gasteiger partial charge in [0.1, 0.15) is 11.9 Å². The molecule has 41 heavy (non-hydrogen) atoms. The number of rotatable bonds is 8. The van der Waals surface area contributed by atoms with Gasteiger partial charge in [-0.25, -0.2) is 4.79 Å². The van der Waals surface area contributed by atoms with E-state index in [1.807, 2.05) is 50.4 Å². The van der Waals surface area contributed by atoms with Gasteiger partial charge >= 0.3 is 6.03 Å². The molecule has 10 heteroatoms. The van der Waals surface area contributed by atoms with Crippen molar-refractivity contribution >= 4 is 23.3 Å². The van der Waals surface area contributed by atoms with Gasteiger partial charge in [0.2, 0.25) is 6.79 Å². The van der Waals surface area contributed by atoms with Crippen LogP contribution in [0.15, 0.2) is 66.7 Å². The van der Waals surface area contributed by atoms with Crippen molar-refractivity contribution in [3.8, 4) is 17.2 Å². The van der Waals surface area contributed by atoms with Gasteiger partial charge in [0.05, 0.1) is 18.2 Å². The highest BCUT2D eigenvalue weighted by Gasteiger charge is 2.33. The minimum absolute atomic E-state index is 0.0187. The predicted octanol–water partition coefficient (Wildman–Crippen LogP) is 4.41. The van der Waals surface area contributed by atoms with E-state index >= 15 is 0 Å². The minimum atomic E-state index is -0.424. The molecule has 2 aliphatic rings. The Hall–Kier alpha value is -4.28. The summed E-state index contributed by atoms with van der Waals surface area (Å²) in [6.45, 7) is 5.63. The van der Waals surface area contributed by atoms with Crippen molar-refractivity contribution in [3.05, 3.63) is 77.9 Å². The largest absolute Gasteiger partial charge is 0.488 e. The number of anilines is 2. The van der Waals surface area contributed by atoms with Crippen molar-refractivity contribution in [2.24, 2.45) is 5.92 Å². The molecule has 216 valence electrons. The summed E-state index contributed by atoms with van der Waals surface area (Å²) in [4.78, 5) is 30.2. The highest BCUT2D eigenvalue weighted by Crippen LogP contribution is 2.33. The molecule has 0 aromatic heterocycles. The number of hydrogen-bond acceptors (Lipinski definition) is 7. The van der Waals surface area contributed by atoms with Crippen LogP contribution in [0.5, 0.6) is 17.2 Å². The van der Waals surface area contributed by atoms with Crippen molar-refractivity contribution in [3.63, 3.8) is 0 Å². The van der Waals surface area contributed by atoms with E-state index in [0.29, 0.717) is 42.3 Å². The van der Waals surface area contributed by atoms with Gasteiger partial charge in [0.15, 0.2) is 11.5 Å². The zero-order chi connectivity index (χ0) is 28.9. The average Bonchev–Trinajstić information content (AvgIpc) is 3.43. The van der Waals surface area contributed by atoms with Crippen LogP contribution in [0.1, 0.15) is 29.8 Å². The monoisotopic (exact) mass is 560 g/mol. The molecule has 0 aliphatic carbocycles. The number of aliphatic hydroxyl groups is 1. The summed E-state index contributed by atoms with van der Waals surface area (Å²) >= 11 is 0.